The Labute approximate surface area is 209 Å². The number of amides is 4. The number of alkyl carbamates (subject to hydrolysis) is 1. The van der Waals surface area contributed by atoms with Gasteiger partial charge in [0.05, 0.1) is 18.6 Å². The predicted octanol–water partition coefficient (Wildman–Crippen LogP) is -0.657. The van der Waals surface area contributed by atoms with Crippen molar-refractivity contribution in [2.45, 2.75) is 51.3 Å². The molecule has 0 aliphatic heterocycles. The van der Waals surface area contributed by atoms with Gasteiger partial charge in [0.25, 0.3) is 0 Å². The first-order valence-electron chi connectivity index (χ1n) is 11.0. The number of aliphatic carboxylic acids is 1. The summed E-state index contributed by atoms with van der Waals surface area (Å²) >= 11 is 1.43. The first-order valence-corrected chi connectivity index (χ1v) is 12.4. The van der Waals surface area contributed by atoms with Crippen LogP contribution in [0.5, 0.6) is 0 Å². The number of hydrogen-bond donors (Lipinski definition) is 4. The molecule has 194 valence electrons. The standard InChI is InChI=1S/C23H34N4O7S/c1-23(2,3)34-22(33)25-13-18(28)24-14-19(29)26-17(12-15-8-6-5-7-9-15)20(30)27-16(21(31)32)10-11-35-4/h5-9,16-17H,10-14H2,1-4H3,(H,24,28)(H,25,33)(H,26,29)(H,27,30)(H,31,32)/p-1. The number of carboxylic acid groups (broad SMARTS) is 1. The van der Waals surface area contributed by atoms with E-state index in [9.17, 15) is 29.1 Å². The number of rotatable bonds is 13. The molecule has 0 fully saturated rings. The van der Waals surface area contributed by atoms with Crippen molar-refractivity contribution in [3.05, 3.63) is 35.9 Å². The summed E-state index contributed by atoms with van der Waals surface area (Å²) in [4.78, 5) is 60.2. The first-order chi connectivity index (χ1) is 16.4. The summed E-state index contributed by atoms with van der Waals surface area (Å²) in [7, 11) is 0. The van der Waals surface area contributed by atoms with Crippen LogP contribution in [0.1, 0.15) is 32.8 Å². The second-order valence-electron chi connectivity index (χ2n) is 8.60. The molecule has 0 bridgehead atoms. The monoisotopic (exact) mass is 509 g/mol. The Bertz CT molecular complexity index is 874. The van der Waals surface area contributed by atoms with Gasteiger partial charge in [0, 0.05) is 6.42 Å². The Morgan fingerprint density at radius 2 is 1.57 bits per heavy atom. The van der Waals surface area contributed by atoms with E-state index in [0.29, 0.717) is 5.75 Å². The smallest absolute Gasteiger partial charge is 0.408 e. The van der Waals surface area contributed by atoms with E-state index in [1.165, 1.54) is 11.8 Å². The molecule has 0 saturated carbocycles. The van der Waals surface area contributed by atoms with Crippen LogP contribution in [0.3, 0.4) is 0 Å². The van der Waals surface area contributed by atoms with E-state index >= 15 is 0 Å². The van der Waals surface area contributed by atoms with Crippen molar-refractivity contribution in [3.63, 3.8) is 0 Å². The average molecular weight is 510 g/mol. The Hall–Kier alpha value is -3.28. The Morgan fingerprint density at radius 3 is 2.14 bits per heavy atom. The van der Waals surface area contributed by atoms with Gasteiger partial charge in [-0.3, -0.25) is 14.4 Å². The minimum absolute atomic E-state index is 0.106. The molecule has 35 heavy (non-hydrogen) atoms. The third-order valence-electron chi connectivity index (χ3n) is 4.38. The van der Waals surface area contributed by atoms with Crippen LogP contribution in [0, 0.1) is 0 Å². The lowest BCUT2D eigenvalue weighted by molar-refractivity contribution is -0.308. The summed E-state index contributed by atoms with van der Waals surface area (Å²) in [5.74, 6) is -2.90. The van der Waals surface area contributed by atoms with Crippen LogP contribution in [0.25, 0.3) is 0 Å². The van der Waals surface area contributed by atoms with Crippen LogP contribution < -0.4 is 26.4 Å². The fourth-order valence-corrected chi connectivity index (χ4v) is 3.24. The molecular weight excluding hydrogens is 476 g/mol. The van der Waals surface area contributed by atoms with E-state index in [4.69, 9.17) is 4.74 Å². The molecule has 0 heterocycles. The maximum atomic E-state index is 12.8. The fraction of sp³-hybridized carbons (Fsp3) is 0.522. The zero-order valence-corrected chi connectivity index (χ0v) is 21.2. The van der Waals surface area contributed by atoms with Gasteiger partial charge in [0.1, 0.15) is 18.2 Å². The summed E-state index contributed by atoms with van der Waals surface area (Å²) in [6.07, 6.45) is 1.31. The van der Waals surface area contributed by atoms with Gasteiger partial charge >= 0.3 is 6.09 Å². The molecule has 1 rings (SSSR count). The summed E-state index contributed by atoms with van der Waals surface area (Å²) in [5, 5.41) is 20.9. The van der Waals surface area contributed by atoms with E-state index in [2.05, 4.69) is 21.3 Å². The highest BCUT2D eigenvalue weighted by molar-refractivity contribution is 7.98. The zero-order chi connectivity index (χ0) is 26.4. The molecule has 11 nitrogen and oxygen atoms in total. The van der Waals surface area contributed by atoms with Gasteiger partial charge in [-0.15, -0.1) is 0 Å². The second kappa shape index (κ2) is 14.9. The second-order valence-corrected chi connectivity index (χ2v) is 9.59. The molecule has 1 aromatic rings. The minimum atomic E-state index is -1.41. The van der Waals surface area contributed by atoms with Gasteiger partial charge in [-0.05, 0) is 44.8 Å². The maximum Gasteiger partial charge on any atom is 0.408 e. The van der Waals surface area contributed by atoms with Crippen LogP contribution in [0.2, 0.25) is 0 Å². The van der Waals surface area contributed by atoms with Crippen molar-refractivity contribution in [2.75, 3.05) is 25.1 Å². The highest BCUT2D eigenvalue weighted by Gasteiger charge is 2.24. The fourth-order valence-electron chi connectivity index (χ4n) is 2.77. The quantitative estimate of drug-likeness (QED) is 0.272. The van der Waals surface area contributed by atoms with Crippen molar-refractivity contribution in [1.82, 2.24) is 21.3 Å². The van der Waals surface area contributed by atoms with E-state index in [-0.39, 0.29) is 12.8 Å². The highest BCUT2D eigenvalue weighted by Crippen LogP contribution is 2.07. The SMILES string of the molecule is CSCCC(NC(=O)C(Cc1ccccc1)NC(=O)CNC(=O)CNC(=O)OC(C)(C)C)C(=O)[O-]. The third kappa shape index (κ3) is 13.3. The predicted molar refractivity (Wildman–Crippen MR) is 129 cm³/mol. The average Bonchev–Trinajstić information content (AvgIpc) is 2.77. The molecule has 0 spiro atoms. The van der Waals surface area contributed by atoms with Gasteiger partial charge in [0.2, 0.25) is 17.7 Å². The Kier molecular flexibility index (Phi) is 12.6. The van der Waals surface area contributed by atoms with Gasteiger partial charge in [-0.1, -0.05) is 30.3 Å². The number of benzene rings is 1. The van der Waals surface area contributed by atoms with Gasteiger partial charge in [0.15, 0.2) is 0 Å². The minimum Gasteiger partial charge on any atom is -0.548 e. The molecule has 4 amide bonds. The van der Waals surface area contributed by atoms with E-state index in [1.54, 1.807) is 51.1 Å². The maximum absolute atomic E-state index is 12.8. The van der Waals surface area contributed by atoms with Gasteiger partial charge < -0.3 is 35.9 Å². The van der Waals surface area contributed by atoms with Crippen molar-refractivity contribution in [1.29, 1.82) is 0 Å². The highest BCUT2D eigenvalue weighted by atomic mass is 32.2. The van der Waals surface area contributed by atoms with Crippen molar-refractivity contribution >= 4 is 41.5 Å². The number of carboxylic acids is 1. The summed E-state index contributed by atoms with van der Waals surface area (Å²) in [5.41, 5.74) is 0.0209. The van der Waals surface area contributed by atoms with Crippen molar-refractivity contribution in [3.8, 4) is 0 Å². The molecule has 0 aliphatic carbocycles. The topological polar surface area (TPSA) is 166 Å². The number of ether oxygens (including phenoxy) is 1. The van der Waals surface area contributed by atoms with Gasteiger partial charge in [-0.2, -0.15) is 11.8 Å². The number of carbonyl (C=O) groups excluding carboxylic acids is 5. The molecule has 2 unspecified atom stereocenters. The third-order valence-corrected chi connectivity index (χ3v) is 5.03. The Morgan fingerprint density at radius 1 is 0.943 bits per heavy atom. The number of thioether (sulfide) groups is 1. The number of hydrogen-bond acceptors (Lipinski definition) is 8. The molecule has 2 atom stereocenters. The van der Waals surface area contributed by atoms with Crippen molar-refractivity contribution < 1.29 is 33.8 Å². The van der Waals surface area contributed by atoms with Crippen LogP contribution in [0.4, 0.5) is 4.79 Å². The van der Waals surface area contributed by atoms with Crippen LogP contribution in [-0.4, -0.2) is 72.6 Å². The molecule has 4 N–H and O–H groups in total. The summed E-state index contributed by atoms with van der Waals surface area (Å²) in [6, 6.07) is 6.58. The van der Waals surface area contributed by atoms with Crippen LogP contribution >= 0.6 is 11.8 Å². The zero-order valence-electron chi connectivity index (χ0n) is 20.3. The van der Waals surface area contributed by atoms with Crippen LogP contribution in [-0.2, 0) is 30.3 Å². The van der Waals surface area contributed by atoms with Crippen LogP contribution in [0.15, 0.2) is 30.3 Å². The largest absolute Gasteiger partial charge is 0.548 e. The molecule has 0 saturated heterocycles. The van der Waals surface area contributed by atoms with Crippen molar-refractivity contribution in [2.24, 2.45) is 0 Å². The Balaban J connectivity index is 2.70. The summed E-state index contributed by atoms with van der Waals surface area (Å²) < 4.78 is 5.02. The lowest BCUT2D eigenvalue weighted by Gasteiger charge is -2.24. The first kappa shape index (κ1) is 29.8. The van der Waals surface area contributed by atoms with E-state index < -0.39 is 60.6 Å². The molecule has 12 heteroatoms. The molecule has 0 aromatic heterocycles. The normalized spacial score (nSPS) is 12.6. The molecule has 0 radical (unpaired) electrons. The summed E-state index contributed by atoms with van der Waals surface area (Å²) in [6.45, 7) is 4.17. The van der Waals surface area contributed by atoms with E-state index in [0.717, 1.165) is 5.56 Å². The van der Waals surface area contributed by atoms with E-state index in [1.807, 2.05) is 6.26 Å². The molecule has 0 aliphatic rings. The molecule has 1 aromatic carbocycles. The lowest BCUT2D eigenvalue weighted by Crippen LogP contribution is -2.56. The number of nitrogens with one attached hydrogen (secondary N) is 4. The number of carbonyl (C=O) groups is 5. The van der Waals surface area contributed by atoms with Gasteiger partial charge in [-0.25, -0.2) is 4.79 Å². The lowest BCUT2D eigenvalue weighted by atomic mass is 10.0. The molecular formula is C23H33N4O7S-.